The number of anilines is 1. The molecule has 1 atom stereocenters. The van der Waals surface area contributed by atoms with E-state index in [9.17, 15) is 4.79 Å². The van der Waals surface area contributed by atoms with Gasteiger partial charge in [-0.3, -0.25) is 0 Å². The lowest BCUT2D eigenvalue weighted by Gasteiger charge is -2.56. The number of carbonyl (C=O) groups excluding carboxylic acids is 1. The molecule has 2 heterocycles. The maximum absolute atomic E-state index is 12.4. The standard InChI is InChI=1S/C15H23N3O2/c1-10(2)13-15(3,4)9-18(13)14(19)17-11-6-7-16-12(8-11)20-5/h6-8,10,13H,9H2,1-5H3,(H,16,17,19). The summed E-state index contributed by atoms with van der Waals surface area (Å²) in [5, 5.41) is 2.91. The molecule has 1 aliphatic heterocycles. The highest BCUT2D eigenvalue weighted by Gasteiger charge is 2.49. The Balaban J connectivity index is 2.05. The molecular weight excluding hydrogens is 254 g/mol. The van der Waals surface area contributed by atoms with Crippen LogP contribution in [0.4, 0.5) is 10.5 Å². The van der Waals surface area contributed by atoms with Crippen LogP contribution in [0.15, 0.2) is 18.3 Å². The SMILES string of the molecule is COc1cc(NC(=O)N2CC(C)(C)C2C(C)C)ccn1. The number of methoxy groups -OCH3 is 1. The summed E-state index contributed by atoms with van der Waals surface area (Å²) >= 11 is 0. The van der Waals surface area contributed by atoms with Crippen LogP contribution in [-0.2, 0) is 0 Å². The summed E-state index contributed by atoms with van der Waals surface area (Å²) in [6.45, 7) is 9.50. The molecule has 1 unspecified atom stereocenters. The third-order valence-electron chi connectivity index (χ3n) is 3.80. The van der Waals surface area contributed by atoms with Crippen molar-refractivity contribution < 1.29 is 9.53 Å². The van der Waals surface area contributed by atoms with Crippen LogP contribution in [0.1, 0.15) is 27.7 Å². The van der Waals surface area contributed by atoms with Gasteiger partial charge in [0, 0.05) is 36.0 Å². The first-order chi connectivity index (χ1) is 9.35. The van der Waals surface area contributed by atoms with Crippen molar-refractivity contribution in [2.24, 2.45) is 11.3 Å². The van der Waals surface area contributed by atoms with E-state index in [1.165, 1.54) is 0 Å². The molecule has 1 N–H and O–H groups in total. The minimum Gasteiger partial charge on any atom is -0.481 e. The molecule has 1 aromatic heterocycles. The second-order valence-electron chi connectivity index (χ2n) is 6.32. The number of hydrogen-bond acceptors (Lipinski definition) is 3. The number of hydrogen-bond donors (Lipinski definition) is 1. The van der Waals surface area contributed by atoms with Gasteiger partial charge in [0.05, 0.1) is 7.11 Å². The number of likely N-dealkylation sites (tertiary alicyclic amines) is 1. The van der Waals surface area contributed by atoms with Gasteiger partial charge in [0.25, 0.3) is 0 Å². The minimum atomic E-state index is -0.0590. The predicted molar refractivity (Wildman–Crippen MR) is 78.9 cm³/mol. The summed E-state index contributed by atoms with van der Waals surface area (Å²) in [5.74, 6) is 0.934. The molecule has 1 saturated heterocycles. The van der Waals surface area contributed by atoms with Crippen LogP contribution in [0, 0.1) is 11.3 Å². The van der Waals surface area contributed by atoms with Gasteiger partial charge in [-0.1, -0.05) is 27.7 Å². The van der Waals surface area contributed by atoms with Gasteiger partial charge >= 0.3 is 6.03 Å². The van der Waals surface area contributed by atoms with Crippen molar-refractivity contribution in [3.05, 3.63) is 18.3 Å². The van der Waals surface area contributed by atoms with Crippen LogP contribution < -0.4 is 10.1 Å². The van der Waals surface area contributed by atoms with Crippen molar-refractivity contribution in [3.8, 4) is 5.88 Å². The fourth-order valence-electron chi connectivity index (χ4n) is 3.19. The zero-order valence-corrected chi connectivity index (χ0v) is 12.8. The Bertz CT molecular complexity index is 500. The van der Waals surface area contributed by atoms with Crippen LogP contribution in [-0.4, -0.2) is 35.6 Å². The van der Waals surface area contributed by atoms with E-state index in [0.29, 0.717) is 17.5 Å². The number of pyridine rings is 1. The summed E-state index contributed by atoms with van der Waals surface area (Å²) in [6, 6.07) is 3.69. The second-order valence-corrected chi connectivity index (χ2v) is 6.32. The van der Waals surface area contributed by atoms with Crippen LogP contribution in [0.3, 0.4) is 0 Å². The molecule has 2 amide bonds. The summed E-state index contributed by atoms with van der Waals surface area (Å²) in [7, 11) is 1.56. The van der Waals surface area contributed by atoms with Gasteiger partial charge < -0.3 is 15.0 Å². The first-order valence-corrected chi connectivity index (χ1v) is 6.93. The average Bonchev–Trinajstić information content (AvgIpc) is 2.35. The number of ether oxygens (including phenoxy) is 1. The number of amides is 2. The number of urea groups is 1. The highest BCUT2D eigenvalue weighted by molar-refractivity contribution is 5.90. The van der Waals surface area contributed by atoms with Gasteiger partial charge in [-0.25, -0.2) is 9.78 Å². The lowest BCUT2D eigenvalue weighted by atomic mass is 9.70. The molecule has 1 aromatic rings. The molecule has 20 heavy (non-hydrogen) atoms. The maximum Gasteiger partial charge on any atom is 0.322 e. The highest BCUT2D eigenvalue weighted by atomic mass is 16.5. The summed E-state index contributed by atoms with van der Waals surface area (Å²) in [5.41, 5.74) is 0.885. The van der Waals surface area contributed by atoms with E-state index in [0.717, 1.165) is 6.54 Å². The van der Waals surface area contributed by atoms with Crippen molar-refractivity contribution in [1.29, 1.82) is 0 Å². The third kappa shape index (κ3) is 2.71. The Morgan fingerprint density at radius 3 is 2.80 bits per heavy atom. The van der Waals surface area contributed by atoms with Gasteiger partial charge in [0.15, 0.2) is 0 Å². The van der Waals surface area contributed by atoms with Gasteiger partial charge in [-0.05, 0) is 12.0 Å². The number of nitrogens with zero attached hydrogens (tertiary/aromatic N) is 2. The smallest absolute Gasteiger partial charge is 0.322 e. The zero-order chi connectivity index (χ0) is 14.9. The van der Waals surface area contributed by atoms with Gasteiger partial charge in [0.2, 0.25) is 5.88 Å². The van der Waals surface area contributed by atoms with Crippen molar-refractivity contribution >= 4 is 11.7 Å². The van der Waals surface area contributed by atoms with Gasteiger partial charge in [0.1, 0.15) is 0 Å². The van der Waals surface area contributed by atoms with Crippen molar-refractivity contribution in [2.75, 3.05) is 19.0 Å². The molecule has 0 bridgehead atoms. The largest absolute Gasteiger partial charge is 0.481 e. The Labute approximate surface area is 120 Å². The quantitative estimate of drug-likeness (QED) is 0.924. The minimum absolute atomic E-state index is 0.0590. The topological polar surface area (TPSA) is 54.5 Å². The Morgan fingerprint density at radius 2 is 2.25 bits per heavy atom. The first-order valence-electron chi connectivity index (χ1n) is 6.93. The molecule has 1 fully saturated rings. The average molecular weight is 277 g/mol. The second kappa shape index (κ2) is 5.31. The van der Waals surface area contributed by atoms with Crippen LogP contribution >= 0.6 is 0 Å². The first kappa shape index (κ1) is 14.6. The number of rotatable bonds is 3. The molecule has 0 radical (unpaired) electrons. The fraction of sp³-hybridized carbons (Fsp3) is 0.600. The van der Waals surface area contributed by atoms with Crippen molar-refractivity contribution in [3.63, 3.8) is 0 Å². The van der Waals surface area contributed by atoms with E-state index in [-0.39, 0.29) is 17.5 Å². The van der Waals surface area contributed by atoms with E-state index in [1.807, 2.05) is 4.90 Å². The molecule has 0 spiro atoms. The zero-order valence-electron chi connectivity index (χ0n) is 12.8. The predicted octanol–water partition coefficient (Wildman–Crippen LogP) is 2.99. The Morgan fingerprint density at radius 1 is 1.55 bits per heavy atom. The summed E-state index contributed by atoms with van der Waals surface area (Å²) in [4.78, 5) is 18.3. The Hall–Kier alpha value is -1.78. The molecule has 0 saturated carbocycles. The van der Waals surface area contributed by atoms with Crippen LogP contribution in [0.5, 0.6) is 5.88 Å². The fourth-order valence-corrected chi connectivity index (χ4v) is 3.19. The van der Waals surface area contributed by atoms with Crippen LogP contribution in [0.2, 0.25) is 0 Å². The normalized spacial score (nSPS) is 20.5. The monoisotopic (exact) mass is 277 g/mol. The molecule has 2 rings (SSSR count). The van der Waals surface area contributed by atoms with Crippen molar-refractivity contribution in [2.45, 2.75) is 33.7 Å². The molecule has 0 aromatic carbocycles. The van der Waals surface area contributed by atoms with Gasteiger partial charge in [-0.15, -0.1) is 0 Å². The maximum atomic E-state index is 12.4. The Kier molecular flexibility index (Phi) is 3.88. The summed E-state index contributed by atoms with van der Waals surface area (Å²) in [6.07, 6.45) is 1.62. The van der Waals surface area contributed by atoms with E-state index >= 15 is 0 Å². The van der Waals surface area contributed by atoms with Crippen LogP contribution in [0.25, 0.3) is 0 Å². The number of carbonyl (C=O) groups is 1. The molecule has 5 nitrogen and oxygen atoms in total. The van der Waals surface area contributed by atoms with E-state index in [2.05, 4.69) is 38.0 Å². The van der Waals surface area contributed by atoms with Gasteiger partial charge in [-0.2, -0.15) is 0 Å². The lowest BCUT2D eigenvalue weighted by Crippen LogP contribution is -2.66. The molecule has 0 aliphatic carbocycles. The highest BCUT2D eigenvalue weighted by Crippen LogP contribution is 2.41. The molecule has 1 aliphatic rings. The lowest BCUT2D eigenvalue weighted by molar-refractivity contribution is -0.0363. The van der Waals surface area contributed by atoms with E-state index in [4.69, 9.17) is 4.74 Å². The van der Waals surface area contributed by atoms with Crippen molar-refractivity contribution in [1.82, 2.24) is 9.88 Å². The van der Waals surface area contributed by atoms with E-state index in [1.54, 1.807) is 25.4 Å². The molecule has 110 valence electrons. The molecule has 5 heteroatoms. The summed E-state index contributed by atoms with van der Waals surface area (Å²) < 4.78 is 5.05. The van der Waals surface area contributed by atoms with E-state index < -0.39 is 0 Å². The third-order valence-corrected chi connectivity index (χ3v) is 3.80. The number of aromatic nitrogens is 1. The molecular formula is C15H23N3O2. The number of nitrogens with one attached hydrogen (secondary N) is 1.